The van der Waals surface area contributed by atoms with Crippen LogP contribution in [-0.2, 0) is 6.54 Å². The number of rotatable bonds is 6. The number of anilines is 3. The Balaban J connectivity index is 2.10. The second-order valence-corrected chi connectivity index (χ2v) is 5.29. The van der Waals surface area contributed by atoms with Crippen LogP contribution in [0.1, 0.15) is 25.8 Å². The SMILES string of the molecule is CCC(C)Nc1ncnc(NCc2ccccc2Cl)c1N. The molecule has 21 heavy (non-hydrogen) atoms. The van der Waals surface area contributed by atoms with Crippen molar-refractivity contribution in [3.63, 3.8) is 0 Å². The van der Waals surface area contributed by atoms with E-state index < -0.39 is 0 Å². The molecule has 0 aliphatic rings. The third-order valence-corrected chi connectivity index (χ3v) is 3.65. The first-order valence-corrected chi connectivity index (χ1v) is 7.34. The highest BCUT2D eigenvalue weighted by Crippen LogP contribution is 2.24. The number of halogens is 1. The Labute approximate surface area is 129 Å². The predicted octanol–water partition coefficient (Wildman–Crippen LogP) is 3.53. The van der Waals surface area contributed by atoms with Gasteiger partial charge < -0.3 is 16.4 Å². The number of hydrogen-bond donors (Lipinski definition) is 3. The maximum atomic E-state index is 6.13. The topological polar surface area (TPSA) is 75.9 Å². The van der Waals surface area contributed by atoms with E-state index in [1.165, 1.54) is 6.33 Å². The van der Waals surface area contributed by atoms with Crippen molar-refractivity contribution in [2.45, 2.75) is 32.9 Å². The Morgan fingerprint density at radius 3 is 2.67 bits per heavy atom. The lowest BCUT2D eigenvalue weighted by Crippen LogP contribution is -2.17. The Bertz CT molecular complexity index is 602. The van der Waals surface area contributed by atoms with Crippen LogP contribution in [-0.4, -0.2) is 16.0 Å². The summed E-state index contributed by atoms with van der Waals surface area (Å²) in [4.78, 5) is 8.37. The van der Waals surface area contributed by atoms with Gasteiger partial charge in [-0.1, -0.05) is 36.7 Å². The van der Waals surface area contributed by atoms with Gasteiger partial charge in [0.25, 0.3) is 0 Å². The lowest BCUT2D eigenvalue weighted by Gasteiger charge is -2.16. The van der Waals surface area contributed by atoms with Crippen molar-refractivity contribution in [3.05, 3.63) is 41.2 Å². The summed E-state index contributed by atoms with van der Waals surface area (Å²) in [5.41, 5.74) is 7.62. The van der Waals surface area contributed by atoms with E-state index in [1.54, 1.807) is 0 Å². The number of nitrogens with zero attached hydrogens (tertiary/aromatic N) is 2. The van der Waals surface area contributed by atoms with E-state index in [9.17, 15) is 0 Å². The fourth-order valence-corrected chi connectivity index (χ4v) is 2.01. The quantitative estimate of drug-likeness (QED) is 0.761. The zero-order valence-electron chi connectivity index (χ0n) is 12.2. The van der Waals surface area contributed by atoms with Crippen LogP contribution in [0.25, 0.3) is 0 Å². The molecular weight excluding hydrogens is 286 g/mol. The zero-order chi connectivity index (χ0) is 15.2. The molecule has 6 heteroatoms. The van der Waals surface area contributed by atoms with Gasteiger partial charge >= 0.3 is 0 Å². The minimum absolute atomic E-state index is 0.304. The lowest BCUT2D eigenvalue weighted by atomic mass is 10.2. The largest absolute Gasteiger partial charge is 0.393 e. The van der Waals surface area contributed by atoms with Crippen molar-refractivity contribution in [1.29, 1.82) is 0 Å². The molecule has 0 fully saturated rings. The van der Waals surface area contributed by atoms with Gasteiger partial charge in [0, 0.05) is 17.6 Å². The van der Waals surface area contributed by atoms with Crippen molar-refractivity contribution < 1.29 is 0 Å². The van der Waals surface area contributed by atoms with Crippen LogP contribution in [0, 0.1) is 0 Å². The Kier molecular flexibility index (Phi) is 5.22. The summed E-state index contributed by atoms with van der Waals surface area (Å²) in [7, 11) is 0. The number of nitrogens with one attached hydrogen (secondary N) is 2. The van der Waals surface area contributed by atoms with E-state index in [2.05, 4.69) is 34.4 Å². The lowest BCUT2D eigenvalue weighted by molar-refractivity contribution is 0.759. The van der Waals surface area contributed by atoms with Gasteiger partial charge in [0.2, 0.25) is 0 Å². The van der Waals surface area contributed by atoms with Crippen molar-refractivity contribution in [3.8, 4) is 0 Å². The molecule has 1 aromatic heterocycles. The van der Waals surface area contributed by atoms with Gasteiger partial charge in [0.1, 0.15) is 12.0 Å². The standard InChI is InChI=1S/C15H20ClN5/c1-3-10(2)21-15-13(17)14(19-9-20-15)18-8-11-6-4-5-7-12(11)16/h4-7,9-10H,3,8,17H2,1-2H3,(H2,18,19,20,21). The molecule has 0 saturated heterocycles. The molecule has 4 N–H and O–H groups in total. The normalized spacial score (nSPS) is 12.0. The molecule has 1 unspecified atom stereocenters. The maximum Gasteiger partial charge on any atom is 0.155 e. The summed E-state index contributed by atoms with van der Waals surface area (Å²) in [6.07, 6.45) is 2.49. The molecule has 0 spiro atoms. The molecule has 0 radical (unpaired) electrons. The van der Waals surface area contributed by atoms with Gasteiger partial charge in [-0.15, -0.1) is 0 Å². The van der Waals surface area contributed by atoms with E-state index >= 15 is 0 Å². The van der Waals surface area contributed by atoms with E-state index in [4.69, 9.17) is 17.3 Å². The van der Waals surface area contributed by atoms with E-state index in [0.29, 0.717) is 29.9 Å². The minimum atomic E-state index is 0.304. The third-order valence-electron chi connectivity index (χ3n) is 3.28. The van der Waals surface area contributed by atoms with Crippen LogP contribution in [0.2, 0.25) is 5.02 Å². The highest BCUT2D eigenvalue weighted by Gasteiger charge is 2.10. The Hall–Kier alpha value is -2.01. The van der Waals surface area contributed by atoms with Crippen LogP contribution in [0.3, 0.4) is 0 Å². The number of nitrogens with two attached hydrogens (primary N) is 1. The van der Waals surface area contributed by atoms with Crippen LogP contribution in [0.15, 0.2) is 30.6 Å². The van der Waals surface area contributed by atoms with Crippen molar-refractivity contribution in [2.24, 2.45) is 0 Å². The fourth-order valence-electron chi connectivity index (χ4n) is 1.81. The van der Waals surface area contributed by atoms with Crippen LogP contribution < -0.4 is 16.4 Å². The fraction of sp³-hybridized carbons (Fsp3) is 0.333. The van der Waals surface area contributed by atoms with Crippen molar-refractivity contribution >= 4 is 28.9 Å². The molecule has 1 atom stereocenters. The highest BCUT2D eigenvalue weighted by atomic mass is 35.5. The maximum absolute atomic E-state index is 6.13. The summed E-state index contributed by atoms with van der Waals surface area (Å²) in [5, 5.41) is 7.19. The van der Waals surface area contributed by atoms with Crippen LogP contribution in [0.5, 0.6) is 0 Å². The molecule has 2 rings (SSSR count). The second kappa shape index (κ2) is 7.13. The molecule has 5 nitrogen and oxygen atoms in total. The zero-order valence-corrected chi connectivity index (χ0v) is 13.0. The minimum Gasteiger partial charge on any atom is -0.393 e. The smallest absolute Gasteiger partial charge is 0.155 e. The number of hydrogen-bond acceptors (Lipinski definition) is 5. The van der Waals surface area contributed by atoms with Gasteiger partial charge in [0.15, 0.2) is 11.6 Å². The summed E-state index contributed by atoms with van der Waals surface area (Å²) in [5.74, 6) is 1.26. The van der Waals surface area contributed by atoms with Crippen LogP contribution in [0.4, 0.5) is 17.3 Å². The van der Waals surface area contributed by atoms with Gasteiger partial charge in [0.05, 0.1) is 0 Å². The summed E-state index contributed by atoms with van der Waals surface area (Å²) < 4.78 is 0. The first-order valence-electron chi connectivity index (χ1n) is 6.96. The predicted molar refractivity (Wildman–Crippen MR) is 88.6 cm³/mol. The van der Waals surface area contributed by atoms with Gasteiger partial charge in [-0.25, -0.2) is 9.97 Å². The Morgan fingerprint density at radius 2 is 1.95 bits per heavy atom. The first-order chi connectivity index (χ1) is 10.1. The van der Waals surface area contributed by atoms with Crippen molar-refractivity contribution in [1.82, 2.24) is 9.97 Å². The Morgan fingerprint density at radius 1 is 1.24 bits per heavy atom. The number of nitrogen functional groups attached to an aromatic ring is 1. The number of benzene rings is 1. The third kappa shape index (κ3) is 3.98. The molecule has 112 valence electrons. The van der Waals surface area contributed by atoms with Crippen molar-refractivity contribution in [2.75, 3.05) is 16.4 Å². The molecule has 1 aromatic carbocycles. The molecule has 1 heterocycles. The van der Waals surface area contributed by atoms with E-state index in [0.717, 1.165) is 17.0 Å². The van der Waals surface area contributed by atoms with Gasteiger partial charge in [-0.05, 0) is 25.0 Å². The average molecular weight is 306 g/mol. The van der Waals surface area contributed by atoms with Gasteiger partial charge in [-0.2, -0.15) is 0 Å². The van der Waals surface area contributed by atoms with E-state index in [1.807, 2.05) is 24.3 Å². The summed E-state index contributed by atoms with van der Waals surface area (Å²) in [6.45, 7) is 4.74. The number of aromatic nitrogens is 2. The summed E-state index contributed by atoms with van der Waals surface area (Å²) >= 11 is 6.13. The van der Waals surface area contributed by atoms with E-state index in [-0.39, 0.29) is 0 Å². The summed E-state index contributed by atoms with van der Waals surface area (Å²) in [6, 6.07) is 7.97. The van der Waals surface area contributed by atoms with Gasteiger partial charge in [-0.3, -0.25) is 0 Å². The van der Waals surface area contributed by atoms with Crippen LogP contribution >= 0.6 is 11.6 Å². The molecule has 0 bridgehead atoms. The molecule has 0 amide bonds. The molecule has 2 aromatic rings. The molecule has 0 aliphatic heterocycles. The first kappa shape index (κ1) is 15.4. The monoisotopic (exact) mass is 305 g/mol. The molecular formula is C15H20ClN5. The average Bonchev–Trinajstić information content (AvgIpc) is 2.49. The molecule has 0 aliphatic carbocycles. The second-order valence-electron chi connectivity index (χ2n) is 4.88. The molecule has 0 saturated carbocycles. The highest BCUT2D eigenvalue weighted by molar-refractivity contribution is 6.31.